The van der Waals surface area contributed by atoms with Gasteiger partial charge in [0.15, 0.2) is 5.13 Å². The van der Waals surface area contributed by atoms with Crippen LogP contribution in [0.25, 0.3) is 11.3 Å². The molecule has 0 saturated carbocycles. The summed E-state index contributed by atoms with van der Waals surface area (Å²) < 4.78 is 28.2. The maximum Gasteiger partial charge on any atom is 0.264 e. The number of allylic oxidation sites excluding steroid dienone is 4. The first-order chi connectivity index (χ1) is 17.2. The predicted molar refractivity (Wildman–Crippen MR) is 146 cm³/mol. The Kier molecular flexibility index (Phi) is 6.57. The summed E-state index contributed by atoms with van der Waals surface area (Å²) in [6, 6.07) is 12.9. The minimum atomic E-state index is -3.63. The zero-order valence-electron chi connectivity index (χ0n) is 20.6. The quantitative estimate of drug-likeness (QED) is 0.431. The zero-order chi connectivity index (χ0) is 25.4. The van der Waals surface area contributed by atoms with Crippen LogP contribution in [0.3, 0.4) is 0 Å². The van der Waals surface area contributed by atoms with Crippen LogP contribution >= 0.6 is 11.3 Å². The molecule has 2 aromatic carbocycles. The summed E-state index contributed by atoms with van der Waals surface area (Å²) in [7, 11) is -3.63. The van der Waals surface area contributed by atoms with Crippen molar-refractivity contribution in [3.8, 4) is 11.3 Å². The molecule has 0 spiro atoms. The molecule has 0 saturated heterocycles. The summed E-state index contributed by atoms with van der Waals surface area (Å²) in [5.41, 5.74) is 5.41. The lowest BCUT2D eigenvalue weighted by Gasteiger charge is -2.21. The van der Waals surface area contributed by atoms with Crippen LogP contribution in [0.5, 0.6) is 0 Å². The monoisotopic (exact) mass is 519 g/mol. The highest BCUT2D eigenvalue weighted by molar-refractivity contribution is 7.93. The smallest absolute Gasteiger partial charge is 0.264 e. The summed E-state index contributed by atoms with van der Waals surface area (Å²) in [6.45, 7) is 6.28. The van der Waals surface area contributed by atoms with Crippen LogP contribution in [-0.4, -0.2) is 25.9 Å². The summed E-state index contributed by atoms with van der Waals surface area (Å²) >= 11 is 1.46. The van der Waals surface area contributed by atoms with E-state index in [-0.39, 0.29) is 11.8 Å². The summed E-state index contributed by atoms with van der Waals surface area (Å²) in [4.78, 5) is 18.6. The first-order valence-corrected chi connectivity index (χ1v) is 14.3. The Balaban J connectivity index is 1.33. The number of anilines is 2. The highest BCUT2D eigenvalue weighted by Crippen LogP contribution is 2.38. The molecule has 186 valence electrons. The van der Waals surface area contributed by atoms with Gasteiger partial charge in [-0.3, -0.25) is 9.10 Å². The molecule has 5 rings (SSSR count). The number of thiazole rings is 1. The molecule has 1 atom stereocenters. The lowest BCUT2D eigenvalue weighted by Crippen LogP contribution is -2.29. The van der Waals surface area contributed by atoms with E-state index in [0.29, 0.717) is 35.1 Å². The normalized spacial score (nSPS) is 17.1. The molecule has 1 N–H and O–H groups in total. The Labute approximate surface area is 216 Å². The number of amides is 1. The van der Waals surface area contributed by atoms with Gasteiger partial charge in [0.2, 0.25) is 5.91 Å². The van der Waals surface area contributed by atoms with Gasteiger partial charge in [-0.2, -0.15) is 0 Å². The van der Waals surface area contributed by atoms with Gasteiger partial charge in [0.05, 0.1) is 16.3 Å². The van der Waals surface area contributed by atoms with Crippen molar-refractivity contribution >= 4 is 38.1 Å². The average molecular weight is 520 g/mol. The number of nitrogens with one attached hydrogen (secondary N) is 1. The standard InChI is InChI=1S/C28H29N3O3S2/c1-18-8-10-21(11-9-18)16-26(32)29-28-30-27(20(3)35-28)23-12-13-24-22(17-23)14-15-31(24)36(33,34)25-7-5-4-6-19(25)2/h4-10,12-13,17,21H,11,14-16H2,1-3H3,(H,29,30,32). The lowest BCUT2D eigenvalue weighted by molar-refractivity contribution is -0.116. The Bertz CT molecular complexity index is 1500. The lowest BCUT2D eigenvalue weighted by atomic mass is 9.94. The van der Waals surface area contributed by atoms with Crippen LogP contribution < -0.4 is 9.62 Å². The third kappa shape index (κ3) is 4.75. The van der Waals surface area contributed by atoms with E-state index in [4.69, 9.17) is 4.98 Å². The number of hydrogen-bond donors (Lipinski definition) is 1. The Morgan fingerprint density at radius 2 is 1.97 bits per heavy atom. The molecule has 1 aliphatic carbocycles. The van der Waals surface area contributed by atoms with E-state index in [9.17, 15) is 13.2 Å². The number of sulfonamides is 1. The van der Waals surface area contributed by atoms with Gasteiger partial charge in [-0.15, -0.1) is 11.3 Å². The van der Waals surface area contributed by atoms with Gasteiger partial charge < -0.3 is 5.32 Å². The molecule has 1 aromatic heterocycles. The maximum absolute atomic E-state index is 13.4. The highest BCUT2D eigenvalue weighted by Gasteiger charge is 2.32. The van der Waals surface area contributed by atoms with Gasteiger partial charge in [-0.1, -0.05) is 48.1 Å². The molecular weight excluding hydrogens is 490 g/mol. The number of benzene rings is 2. The Morgan fingerprint density at radius 1 is 1.17 bits per heavy atom. The first-order valence-electron chi connectivity index (χ1n) is 12.1. The number of carbonyl (C=O) groups is 1. The minimum absolute atomic E-state index is 0.0380. The second kappa shape index (κ2) is 9.67. The molecule has 8 heteroatoms. The van der Waals surface area contributed by atoms with Gasteiger partial charge in [0.25, 0.3) is 10.0 Å². The molecule has 2 aliphatic rings. The molecule has 1 aliphatic heterocycles. The molecule has 0 bridgehead atoms. The van der Waals surface area contributed by atoms with Crippen molar-refractivity contribution in [1.82, 2.24) is 4.98 Å². The maximum atomic E-state index is 13.4. The van der Waals surface area contributed by atoms with Gasteiger partial charge in [0.1, 0.15) is 0 Å². The van der Waals surface area contributed by atoms with Crippen LogP contribution in [0, 0.1) is 19.8 Å². The third-order valence-corrected chi connectivity index (χ3v) is 9.59. The van der Waals surface area contributed by atoms with Crippen molar-refractivity contribution < 1.29 is 13.2 Å². The number of rotatable bonds is 6. The third-order valence-electron chi connectivity index (χ3n) is 6.73. The summed E-state index contributed by atoms with van der Waals surface area (Å²) in [5, 5.41) is 3.55. The number of fused-ring (bicyclic) bond motifs is 1. The van der Waals surface area contributed by atoms with Crippen molar-refractivity contribution in [2.24, 2.45) is 5.92 Å². The van der Waals surface area contributed by atoms with Gasteiger partial charge in [-0.05, 0) is 68.9 Å². The second-order valence-electron chi connectivity index (χ2n) is 9.42. The van der Waals surface area contributed by atoms with E-state index in [1.807, 2.05) is 44.2 Å². The molecule has 2 heterocycles. The van der Waals surface area contributed by atoms with Crippen molar-refractivity contribution in [1.29, 1.82) is 0 Å². The van der Waals surface area contributed by atoms with E-state index < -0.39 is 10.0 Å². The fourth-order valence-corrected chi connectivity index (χ4v) is 7.37. The number of carbonyl (C=O) groups excluding carboxylic acids is 1. The fraction of sp³-hybridized carbons (Fsp3) is 0.286. The van der Waals surface area contributed by atoms with E-state index in [0.717, 1.165) is 33.7 Å². The van der Waals surface area contributed by atoms with Crippen LogP contribution in [0.15, 0.2) is 71.2 Å². The minimum Gasteiger partial charge on any atom is -0.302 e. The van der Waals surface area contributed by atoms with Crippen LogP contribution in [0.4, 0.5) is 10.8 Å². The van der Waals surface area contributed by atoms with Crippen molar-refractivity contribution in [2.45, 2.75) is 44.9 Å². The van der Waals surface area contributed by atoms with Crippen molar-refractivity contribution in [3.63, 3.8) is 0 Å². The van der Waals surface area contributed by atoms with Crippen LogP contribution in [0.2, 0.25) is 0 Å². The molecule has 6 nitrogen and oxygen atoms in total. The molecule has 0 radical (unpaired) electrons. The van der Waals surface area contributed by atoms with Crippen molar-refractivity contribution in [2.75, 3.05) is 16.2 Å². The van der Waals surface area contributed by atoms with Gasteiger partial charge in [0, 0.05) is 23.4 Å². The summed E-state index contributed by atoms with van der Waals surface area (Å²) in [6.07, 6.45) is 8.27. The number of hydrogen-bond acceptors (Lipinski definition) is 5. The molecule has 36 heavy (non-hydrogen) atoms. The molecule has 1 unspecified atom stereocenters. The molecule has 1 amide bonds. The number of nitrogens with zero attached hydrogens (tertiary/aromatic N) is 2. The van der Waals surface area contributed by atoms with E-state index in [1.54, 1.807) is 12.1 Å². The van der Waals surface area contributed by atoms with Crippen LogP contribution in [-0.2, 0) is 21.2 Å². The number of aryl methyl sites for hydroxylation is 2. The zero-order valence-corrected chi connectivity index (χ0v) is 22.2. The molecular formula is C28H29N3O3S2. The van der Waals surface area contributed by atoms with Gasteiger partial charge >= 0.3 is 0 Å². The topological polar surface area (TPSA) is 79.4 Å². The van der Waals surface area contributed by atoms with E-state index in [1.165, 1.54) is 21.2 Å². The summed E-state index contributed by atoms with van der Waals surface area (Å²) in [5.74, 6) is 0.175. The molecule has 0 fully saturated rings. The largest absolute Gasteiger partial charge is 0.302 e. The van der Waals surface area contributed by atoms with E-state index >= 15 is 0 Å². The number of aromatic nitrogens is 1. The molecule has 3 aromatic rings. The van der Waals surface area contributed by atoms with Crippen molar-refractivity contribution in [3.05, 3.63) is 82.3 Å². The van der Waals surface area contributed by atoms with E-state index in [2.05, 4.69) is 30.5 Å². The van der Waals surface area contributed by atoms with Crippen LogP contribution in [0.1, 0.15) is 35.8 Å². The second-order valence-corrected chi connectivity index (χ2v) is 12.4. The predicted octanol–water partition coefficient (Wildman–Crippen LogP) is 6.03. The SMILES string of the molecule is CC1=CCC(CC(=O)Nc2nc(-c3ccc4c(c3)CCN4S(=O)(=O)c3ccccc3C)c(C)s2)C=C1. The highest BCUT2D eigenvalue weighted by atomic mass is 32.2. The fourth-order valence-electron chi connectivity index (χ4n) is 4.78. The van der Waals surface area contributed by atoms with Gasteiger partial charge in [-0.25, -0.2) is 13.4 Å². The average Bonchev–Trinajstić information content (AvgIpc) is 3.43. The first kappa shape index (κ1) is 24.5. The Morgan fingerprint density at radius 3 is 2.72 bits per heavy atom. The Hall–Kier alpha value is -3.23.